The van der Waals surface area contributed by atoms with Gasteiger partial charge < -0.3 is 0 Å². The third-order valence-corrected chi connectivity index (χ3v) is 4.86. The summed E-state index contributed by atoms with van der Waals surface area (Å²) in [5, 5.41) is 13.0. The van der Waals surface area contributed by atoms with Crippen LogP contribution in [0, 0.1) is 5.82 Å². The Kier molecular flexibility index (Phi) is 3.81. The van der Waals surface area contributed by atoms with E-state index in [4.69, 9.17) is 0 Å². The number of carbonyl (C=O) groups excluding carboxylic acids is 1. The van der Waals surface area contributed by atoms with E-state index >= 15 is 0 Å². The summed E-state index contributed by atoms with van der Waals surface area (Å²) in [5.74, 6) is -0.168. The SMILES string of the molecule is O=C(Nc1nc(C2CC2)c(Cc2ccccc2F)s1)c1cn[nH]n1. The number of anilines is 1. The number of halogens is 1. The largest absolute Gasteiger partial charge is 0.296 e. The molecule has 0 bridgehead atoms. The molecule has 2 heterocycles. The number of hydrogen-bond acceptors (Lipinski definition) is 5. The molecule has 0 spiro atoms. The van der Waals surface area contributed by atoms with Crippen LogP contribution in [0.25, 0.3) is 0 Å². The van der Waals surface area contributed by atoms with Gasteiger partial charge in [0.1, 0.15) is 5.82 Å². The van der Waals surface area contributed by atoms with E-state index in [1.807, 2.05) is 6.07 Å². The van der Waals surface area contributed by atoms with Gasteiger partial charge in [-0.15, -0.1) is 11.3 Å². The van der Waals surface area contributed by atoms with Gasteiger partial charge in [-0.25, -0.2) is 9.37 Å². The van der Waals surface area contributed by atoms with Gasteiger partial charge in [0.25, 0.3) is 5.91 Å². The fraction of sp³-hybridized carbons (Fsp3) is 0.250. The van der Waals surface area contributed by atoms with Crippen molar-refractivity contribution in [2.24, 2.45) is 0 Å². The Hall–Kier alpha value is -2.61. The van der Waals surface area contributed by atoms with Crippen LogP contribution in [0.4, 0.5) is 9.52 Å². The highest BCUT2D eigenvalue weighted by Crippen LogP contribution is 2.44. The number of rotatable bonds is 5. The number of thiazole rings is 1. The van der Waals surface area contributed by atoms with Gasteiger partial charge >= 0.3 is 0 Å². The third-order valence-electron chi connectivity index (χ3n) is 3.87. The van der Waals surface area contributed by atoms with Crippen molar-refractivity contribution in [3.8, 4) is 0 Å². The van der Waals surface area contributed by atoms with Crippen LogP contribution in [0.2, 0.25) is 0 Å². The van der Waals surface area contributed by atoms with Crippen molar-refractivity contribution in [3.63, 3.8) is 0 Å². The van der Waals surface area contributed by atoms with Gasteiger partial charge in [0.2, 0.25) is 0 Å². The molecule has 0 unspecified atom stereocenters. The van der Waals surface area contributed by atoms with E-state index in [1.165, 1.54) is 23.6 Å². The first kappa shape index (κ1) is 14.9. The quantitative estimate of drug-likeness (QED) is 0.745. The van der Waals surface area contributed by atoms with Crippen LogP contribution >= 0.6 is 11.3 Å². The number of nitrogens with zero attached hydrogens (tertiary/aromatic N) is 3. The molecule has 1 aliphatic carbocycles. The summed E-state index contributed by atoms with van der Waals surface area (Å²) in [5.41, 5.74) is 1.81. The Balaban J connectivity index is 1.59. The molecule has 4 rings (SSSR count). The van der Waals surface area contributed by atoms with E-state index in [1.54, 1.807) is 12.1 Å². The zero-order valence-corrected chi connectivity index (χ0v) is 13.4. The Morgan fingerprint density at radius 1 is 1.38 bits per heavy atom. The Morgan fingerprint density at radius 2 is 2.21 bits per heavy atom. The molecule has 0 saturated heterocycles. The van der Waals surface area contributed by atoms with E-state index in [0.29, 0.717) is 23.0 Å². The second-order valence-corrected chi connectivity index (χ2v) is 6.76. The van der Waals surface area contributed by atoms with Crippen LogP contribution < -0.4 is 5.32 Å². The van der Waals surface area contributed by atoms with Gasteiger partial charge in [-0.05, 0) is 24.5 Å². The number of nitrogens with one attached hydrogen (secondary N) is 2. The topological polar surface area (TPSA) is 83.6 Å². The number of aromatic nitrogens is 4. The van der Waals surface area contributed by atoms with Crippen molar-refractivity contribution in [1.82, 2.24) is 20.4 Å². The predicted molar refractivity (Wildman–Crippen MR) is 87.6 cm³/mol. The van der Waals surface area contributed by atoms with E-state index in [9.17, 15) is 9.18 Å². The molecule has 8 heteroatoms. The summed E-state index contributed by atoms with van der Waals surface area (Å²) >= 11 is 1.39. The molecule has 2 aromatic heterocycles. The van der Waals surface area contributed by atoms with E-state index in [0.717, 1.165) is 23.4 Å². The summed E-state index contributed by atoms with van der Waals surface area (Å²) in [6, 6.07) is 6.74. The summed E-state index contributed by atoms with van der Waals surface area (Å²) in [6.45, 7) is 0. The second-order valence-electron chi connectivity index (χ2n) is 5.68. The molecule has 0 radical (unpaired) electrons. The molecule has 122 valence electrons. The predicted octanol–water partition coefficient (Wildman–Crippen LogP) is 3.12. The Bertz CT molecular complexity index is 872. The monoisotopic (exact) mass is 343 g/mol. The first-order valence-corrected chi connectivity index (χ1v) is 8.42. The van der Waals surface area contributed by atoms with Crippen molar-refractivity contribution in [1.29, 1.82) is 0 Å². The normalized spacial score (nSPS) is 13.9. The molecule has 0 atom stereocenters. The number of H-pyrrole nitrogens is 1. The molecule has 2 N–H and O–H groups in total. The lowest BCUT2D eigenvalue weighted by Gasteiger charge is -2.02. The summed E-state index contributed by atoms with van der Waals surface area (Å²) < 4.78 is 13.9. The van der Waals surface area contributed by atoms with Gasteiger partial charge in [-0.2, -0.15) is 15.4 Å². The lowest BCUT2D eigenvalue weighted by atomic mass is 10.1. The van der Waals surface area contributed by atoms with Gasteiger partial charge in [0, 0.05) is 17.2 Å². The van der Waals surface area contributed by atoms with Crippen LogP contribution in [0.3, 0.4) is 0 Å². The van der Waals surface area contributed by atoms with Crippen molar-refractivity contribution in [2.75, 3.05) is 5.32 Å². The third kappa shape index (κ3) is 3.05. The van der Waals surface area contributed by atoms with Crippen molar-refractivity contribution in [3.05, 3.63) is 58.1 Å². The summed E-state index contributed by atoms with van der Waals surface area (Å²) in [6.07, 6.45) is 4.01. The van der Waals surface area contributed by atoms with Crippen molar-refractivity contribution >= 4 is 22.4 Å². The van der Waals surface area contributed by atoms with Gasteiger partial charge in [-0.3, -0.25) is 10.1 Å². The van der Waals surface area contributed by atoms with Crippen LogP contribution in [0.1, 0.15) is 45.4 Å². The molecule has 1 amide bonds. The van der Waals surface area contributed by atoms with Gasteiger partial charge in [-0.1, -0.05) is 18.2 Å². The molecule has 0 aliphatic heterocycles. The zero-order valence-electron chi connectivity index (χ0n) is 12.6. The fourth-order valence-electron chi connectivity index (χ4n) is 2.51. The van der Waals surface area contributed by atoms with E-state index in [2.05, 4.69) is 25.7 Å². The lowest BCUT2D eigenvalue weighted by Crippen LogP contribution is -2.12. The maximum absolute atomic E-state index is 13.9. The highest BCUT2D eigenvalue weighted by Gasteiger charge is 2.30. The number of hydrogen-bond donors (Lipinski definition) is 2. The van der Waals surface area contributed by atoms with Crippen molar-refractivity contribution < 1.29 is 9.18 Å². The zero-order chi connectivity index (χ0) is 16.5. The minimum atomic E-state index is -0.364. The molecular formula is C16H14FN5OS. The van der Waals surface area contributed by atoms with Crippen molar-refractivity contribution in [2.45, 2.75) is 25.2 Å². The van der Waals surface area contributed by atoms with Crippen LogP contribution in [-0.4, -0.2) is 26.3 Å². The van der Waals surface area contributed by atoms with Gasteiger partial charge in [0.15, 0.2) is 10.8 Å². The molecule has 1 saturated carbocycles. The van der Waals surface area contributed by atoms with E-state index < -0.39 is 0 Å². The standard InChI is InChI=1S/C16H14FN5OS/c17-11-4-2-1-3-10(11)7-13-14(9-5-6-9)19-16(24-13)20-15(23)12-8-18-22-21-12/h1-4,8-9H,5-7H2,(H,18,21,22)(H,19,20,23). The number of benzene rings is 1. The molecule has 1 fully saturated rings. The number of carbonyl (C=O) groups is 1. The van der Waals surface area contributed by atoms with Gasteiger partial charge in [0.05, 0.1) is 11.9 Å². The summed E-state index contributed by atoms with van der Waals surface area (Å²) in [4.78, 5) is 17.6. The maximum Gasteiger partial charge on any atom is 0.279 e. The molecule has 1 aromatic carbocycles. The smallest absolute Gasteiger partial charge is 0.279 e. The molecule has 3 aromatic rings. The first-order chi connectivity index (χ1) is 11.7. The number of amides is 1. The summed E-state index contributed by atoms with van der Waals surface area (Å²) in [7, 11) is 0. The number of aromatic amines is 1. The highest BCUT2D eigenvalue weighted by molar-refractivity contribution is 7.16. The second kappa shape index (κ2) is 6.12. The average Bonchev–Trinajstić information content (AvgIpc) is 3.11. The molecule has 6 nitrogen and oxygen atoms in total. The van der Waals surface area contributed by atoms with E-state index in [-0.39, 0.29) is 17.4 Å². The van der Waals surface area contributed by atoms with Crippen LogP contribution in [0.15, 0.2) is 30.5 Å². The lowest BCUT2D eigenvalue weighted by molar-refractivity contribution is 0.102. The van der Waals surface area contributed by atoms with Crippen LogP contribution in [-0.2, 0) is 6.42 Å². The van der Waals surface area contributed by atoms with Crippen LogP contribution in [0.5, 0.6) is 0 Å². The molecule has 24 heavy (non-hydrogen) atoms. The minimum absolute atomic E-state index is 0.203. The first-order valence-electron chi connectivity index (χ1n) is 7.61. The molecule has 1 aliphatic rings. The average molecular weight is 343 g/mol. The fourth-order valence-corrected chi connectivity index (χ4v) is 3.57. The Labute approximate surface area is 141 Å². The minimum Gasteiger partial charge on any atom is -0.296 e. The Morgan fingerprint density at radius 3 is 2.92 bits per heavy atom. The maximum atomic E-state index is 13.9. The highest BCUT2D eigenvalue weighted by atomic mass is 32.1. The molecular weight excluding hydrogens is 329 g/mol.